The Balaban J connectivity index is 2.24. The van der Waals surface area contributed by atoms with E-state index >= 15 is 0 Å². The van der Waals surface area contributed by atoms with Crippen LogP contribution in [0, 0.1) is 5.92 Å². The van der Waals surface area contributed by atoms with E-state index in [1.54, 1.807) is 6.07 Å². The van der Waals surface area contributed by atoms with E-state index in [0.29, 0.717) is 0 Å². The molecule has 5 heteroatoms. The summed E-state index contributed by atoms with van der Waals surface area (Å²) < 4.78 is 34.3. The summed E-state index contributed by atoms with van der Waals surface area (Å²) >= 11 is 0. The van der Waals surface area contributed by atoms with Gasteiger partial charge >= 0.3 is 6.29 Å². The lowest BCUT2D eigenvalue weighted by Gasteiger charge is -2.18. The molecule has 1 unspecified atom stereocenters. The topological polar surface area (TPSA) is 44.5 Å². The molecular formula is C12H15F2NO2. The Morgan fingerprint density at radius 1 is 1.29 bits per heavy atom. The van der Waals surface area contributed by atoms with Crippen LogP contribution in [-0.4, -0.2) is 6.29 Å². The zero-order chi connectivity index (χ0) is 12.6. The second kappa shape index (κ2) is 4.14. The fourth-order valence-electron chi connectivity index (χ4n) is 1.76. The van der Waals surface area contributed by atoms with E-state index in [-0.39, 0.29) is 23.5 Å². The molecule has 0 amide bonds. The number of halogens is 2. The van der Waals surface area contributed by atoms with Gasteiger partial charge in [-0.3, -0.25) is 0 Å². The smallest absolute Gasteiger partial charge is 0.395 e. The van der Waals surface area contributed by atoms with E-state index in [1.165, 1.54) is 12.1 Å². The van der Waals surface area contributed by atoms with Gasteiger partial charge in [-0.25, -0.2) is 0 Å². The molecule has 0 radical (unpaired) electrons. The average molecular weight is 243 g/mol. The summed E-state index contributed by atoms with van der Waals surface area (Å²) in [6.07, 6.45) is -2.65. The van der Waals surface area contributed by atoms with Crippen molar-refractivity contribution < 1.29 is 18.3 Å². The molecule has 0 aliphatic carbocycles. The molecule has 2 atom stereocenters. The van der Waals surface area contributed by atoms with E-state index in [2.05, 4.69) is 9.47 Å². The van der Waals surface area contributed by atoms with Crippen LogP contribution in [-0.2, 0) is 0 Å². The van der Waals surface area contributed by atoms with Gasteiger partial charge in [0.15, 0.2) is 11.5 Å². The summed E-state index contributed by atoms with van der Waals surface area (Å²) in [4.78, 5) is 0. The van der Waals surface area contributed by atoms with Crippen LogP contribution in [0.25, 0.3) is 0 Å². The maximum absolute atomic E-state index is 12.8. The highest BCUT2D eigenvalue weighted by Crippen LogP contribution is 2.42. The Morgan fingerprint density at radius 2 is 1.94 bits per heavy atom. The van der Waals surface area contributed by atoms with Gasteiger partial charge in [0.25, 0.3) is 0 Å². The first-order chi connectivity index (χ1) is 7.93. The van der Waals surface area contributed by atoms with Gasteiger partial charge in [-0.1, -0.05) is 26.3 Å². The van der Waals surface area contributed by atoms with Crippen LogP contribution in [0.3, 0.4) is 0 Å². The Bertz CT molecular complexity index is 423. The van der Waals surface area contributed by atoms with E-state index in [9.17, 15) is 8.78 Å². The summed E-state index contributed by atoms with van der Waals surface area (Å²) in [7, 11) is 0. The number of hydrogen-bond acceptors (Lipinski definition) is 3. The van der Waals surface area contributed by atoms with Crippen molar-refractivity contribution >= 4 is 0 Å². The molecule has 3 nitrogen and oxygen atoms in total. The van der Waals surface area contributed by atoms with Crippen molar-refractivity contribution in [3.05, 3.63) is 23.8 Å². The highest BCUT2D eigenvalue weighted by atomic mass is 19.3. The molecule has 1 aliphatic rings. The van der Waals surface area contributed by atoms with Crippen molar-refractivity contribution in [2.75, 3.05) is 0 Å². The molecule has 2 N–H and O–H groups in total. The number of hydrogen-bond donors (Lipinski definition) is 1. The van der Waals surface area contributed by atoms with Crippen LogP contribution in [0.15, 0.2) is 18.2 Å². The maximum atomic E-state index is 12.8. The molecule has 1 aliphatic heterocycles. The largest absolute Gasteiger partial charge is 0.586 e. The first-order valence-electron chi connectivity index (χ1n) is 5.58. The molecule has 0 saturated heterocycles. The Morgan fingerprint density at radius 3 is 2.59 bits per heavy atom. The predicted octanol–water partition coefficient (Wildman–Crippen LogP) is 3.05. The summed E-state index contributed by atoms with van der Waals surface area (Å²) in [6.45, 7) is 4.05. The highest BCUT2D eigenvalue weighted by Gasteiger charge is 2.43. The van der Waals surface area contributed by atoms with Gasteiger partial charge in [0.1, 0.15) is 0 Å². The lowest BCUT2D eigenvalue weighted by atomic mass is 9.93. The predicted molar refractivity (Wildman–Crippen MR) is 59.0 cm³/mol. The van der Waals surface area contributed by atoms with Crippen molar-refractivity contribution in [2.45, 2.75) is 32.6 Å². The van der Waals surface area contributed by atoms with Gasteiger partial charge in [0.2, 0.25) is 0 Å². The van der Waals surface area contributed by atoms with Crippen molar-refractivity contribution in [1.82, 2.24) is 0 Å². The summed E-state index contributed by atoms with van der Waals surface area (Å²) in [5.41, 5.74) is 6.80. The SMILES string of the molecule is CCC(C)[C@H](N)c1ccc2c(c1)OC(F)(F)O2. The second-order valence-corrected chi connectivity index (χ2v) is 4.28. The van der Waals surface area contributed by atoms with Crippen LogP contribution < -0.4 is 15.2 Å². The number of alkyl halides is 2. The normalized spacial score (nSPS) is 20.1. The van der Waals surface area contributed by atoms with Crippen molar-refractivity contribution in [1.29, 1.82) is 0 Å². The number of benzene rings is 1. The van der Waals surface area contributed by atoms with Gasteiger partial charge in [0, 0.05) is 6.04 Å². The Labute approximate surface area is 98.5 Å². The van der Waals surface area contributed by atoms with E-state index in [0.717, 1.165) is 12.0 Å². The van der Waals surface area contributed by atoms with Crippen LogP contribution in [0.5, 0.6) is 11.5 Å². The first-order valence-corrected chi connectivity index (χ1v) is 5.58. The molecule has 94 valence electrons. The minimum Gasteiger partial charge on any atom is -0.395 e. The number of nitrogens with two attached hydrogens (primary N) is 1. The third-order valence-corrected chi connectivity index (χ3v) is 3.07. The van der Waals surface area contributed by atoms with Crippen molar-refractivity contribution in [3.63, 3.8) is 0 Å². The first kappa shape index (κ1) is 12.1. The van der Waals surface area contributed by atoms with Crippen LogP contribution in [0.4, 0.5) is 8.78 Å². The zero-order valence-electron chi connectivity index (χ0n) is 9.74. The Kier molecular flexibility index (Phi) is 2.95. The van der Waals surface area contributed by atoms with E-state index in [4.69, 9.17) is 5.73 Å². The number of rotatable bonds is 3. The van der Waals surface area contributed by atoms with Crippen LogP contribution in [0.1, 0.15) is 31.9 Å². The lowest BCUT2D eigenvalue weighted by Crippen LogP contribution is -2.26. The highest BCUT2D eigenvalue weighted by molar-refractivity contribution is 5.46. The molecule has 17 heavy (non-hydrogen) atoms. The molecule has 0 bridgehead atoms. The summed E-state index contributed by atoms with van der Waals surface area (Å²) in [5.74, 6) is 0.372. The molecule has 0 saturated carbocycles. The van der Waals surface area contributed by atoms with Gasteiger partial charge in [-0.2, -0.15) is 0 Å². The van der Waals surface area contributed by atoms with Crippen molar-refractivity contribution in [2.24, 2.45) is 11.7 Å². The fourth-order valence-corrected chi connectivity index (χ4v) is 1.76. The van der Waals surface area contributed by atoms with Crippen molar-refractivity contribution in [3.8, 4) is 11.5 Å². The third kappa shape index (κ3) is 2.34. The zero-order valence-corrected chi connectivity index (χ0v) is 9.74. The van der Waals surface area contributed by atoms with Gasteiger partial charge in [-0.15, -0.1) is 8.78 Å². The minimum atomic E-state index is -3.57. The average Bonchev–Trinajstić information content (AvgIpc) is 2.59. The molecular weight excluding hydrogens is 228 g/mol. The van der Waals surface area contributed by atoms with Gasteiger partial charge in [0.05, 0.1) is 0 Å². The van der Waals surface area contributed by atoms with Crippen LogP contribution >= 0.6 is 0 Å². The van der Waals surface area contributed by atoms with E-state index in [1.807, 2.05) is 13.8 Å². The molecule has 1 heterocycles. The molecule has 1 aromatic carbocycles. The quantitative estimate of drug-likeness (QED) is 0.887. The number of fused-ring (bicyclic) bond motifs is 1. The van der Waals surface area contributed by atoms with Gasteiger partial charge in [-0.05, 0) is 23.6 Å². The minimum absolute atomic E-state index is 0.0475. The third-order valence-electron chi connectivity index (χ3n) is 3.07. The maximum Gasteiger partial charge on any atom is 0.586 e. The molecule has 0 spiro atoms. The fraction of sp³-hybridized carbons (Fsp3) is 0.500. The summed E-state index contributed by atoms with van der Waals surface area (Å²) in [5, 5.41) is 0. The molecule has 1 aromatic rings. The Hall–Kier alpha value is -1.36. The monoisotopic (exact) mass is 243 g/mol. The second-order valence-electron chi connectivity index (χ2n) is 4.28. The van der Waals surface area contributed by atoms with Crippen LogP contribution in [0.2, 0.25) is 0 Å². The molecule has 0 fully saturated rings. The van der Waals surface area contributed by atoms with Gasteiger partial charge < -0.3 is 15.2 Å². The summed E-state index contributed by atoms with van der Waals surface area (Å²) in [6, 6.07) is 4.49. The lowest BCUT2D eigenvalue weighted by molar-refractivity contribution is -0.286. The van der Waals surface area contributed by atoms with E-state index < -0.39 is 6.29 Å². The number of ether oxygens (including phenoxy) is 2. The molecule has 0 aromatic heterocycles. The molecule has 2 rings (SSSR count). The standard InChI is InChI=1S/C12H15F2NO2/c1-3-7(2)11(15)8-4-5-9-10(6-8)17-12(13,14)16-9/h4-7,11H,3,15H2,1-2H3/t7?,11-/m0/s1.